The van der Waals surface area contributed by atoms with Gasteiger partial charge in [0.05, 0.1) is 12.2 Å². The molecule has 1 heterocycles. The summed E-state index contributed by atoms with van der Waals surface area (Å²) in [5.41, 5.74) is 5.67. The Bertz CT molecular complexity index is 590. The zero-order chi connectivity index (χ0) is 14.8. The van der Waals surface area contributed by atoms with Gasteiger partial charge in [-0.25, -0.2) is 9.82 Å². The van der Waals surface area contributed by atoms with Gasteiger partial charge in [0.25, 0.3) is 0 Å². The molecule has 0 aliphatic rings. The van der Waals surface area contributed by atoms with Gasteiger partial charge < -0.3 is 0 Å². The highest BCUT2D eigenvalue weighted by Crippen LogP contribution is 2.32. The molecule has 20 heavy (non-hydrogen) atoms. The molecule has 106 valence electrons. The Morgan fingerprint density at radius 2 is 1.90 bits per heavy atom. The van der Waals surface area contributed by atoms with Crippen LogP contribution in [0.1, 0.15) is 43.5 Å². The van der Waals surface area contributed by atoms with Crippen molar-refractivity contribution in [2.75, 3.05) is 0 Å². The van der Waals surface area contributed by atoms with E-state index in [4.69, 9.17) is 5.84 Å². The van der Waals surface area contributed by atoms with Crippen LogP contribution in [0.4, 0.5) is 4.39 Å². The molecule has 0 spiro atoms. The molecule has 0 amide bonds. The summed E-state index contributed by atoms with van der Waals surface area (Å²) in [5, 5.41) is 0. The third kappa shape index (κ3) is 3.03. The van der Waals surface area contributed by atoms with Gasteiger partial charge in [-0.2, -0.15) is 0 Å². The second-order valence-corrected chi connectivity index (χ2v) is 5.87. The van der Waals surface area contributed by atoms with Crippen molar-refractivity contribution in [3.05, 3.63) is 65.2 Å². The van der Waals surface area contributed by atoms with Gasteiger partial charge in [0, 0.05) is 6.20 Å². The molecule has 1 atom stereocenters. The summed E-state index contributed by atoms with van der Waals surface area (Å²) in [4.78, 5) is 3.90. The van der Waals surface area contributed by atoms with E-state index in [1.807, 2.05) is 18.2 Å². The quantitative estimate of drug-likeness (QED) is 0.667. The van der Waals surface area contributed by atoms with Crippen LogP contribution in [-0.4, -0.2) is 4.98 Å². The lowest BCUT2D eigenvalue weighted by Gasteiger charge is -2.27. The average Bonchev–Trinajstić information content (AvgIpc) is 2.39. The monoisotopic (exact) mass is 273 g/mol. The average molecular weight is 273 g/mol. The number of nitrogens with zero attached hydrogens (tertiary/aromatic N) is 1. The van der Waals surface area contributed by atoms with Gasteiger partial charge in [-0.3, -0.25) is 10.8 Å². The molecule has 2 aromatic rings. The molecule has 3 nitrogen and oxygen atoms in total. The number of hydrogen-bond donors (Lipinski definition) is 2. The second kappa shape index (κ2) is 5.69. The Kier molecular flexibility index (Phi) is 4.16. The van der Waals surface area contributed by atoms with E-state index in [1.54, 1.807) is 6.20 Å². The van der Waals surface area contributed by atoms with Gasteiger partial charge in [-0.15, -0.1) is 0 Å². The van der Waals surface area contributed by atoms with Crippen molar-refractivity contribution in [2.45, 2.75) is 32.2 Å². The van der Waals surface area contributed by atoms with Crippen LogP contribution in [-0.2, 0) is 5.41 Å². The van der Waals surface area contributed by atoms with Crippen molar-refractivity contribution in [1.29, 1.82) is 0 Å². The lowest BCUT2D eigenvalue weighted by molar-refractivity contribution is 0.553. The van der Waals surface area contributed by atoms with Crippen LogP contribution in [0, 0.1) is 5.82 Å². The Hall–Kier alpha value is -1.78. The van der Waals surface area contributed by atoms with E-state index < -0.39 is 0 Å². The number of pyridine rings is 1. The summed E-state index contributed by atoms with van der Waals surface area (Å²) in [6.45, 7) is 6.43. The van der Waals surface area contributed by atoms with Crippen molar-refractivity contribution in [3.63, 3.8) is 0 Å². The molecule has 0 radical (unpaired) electrons. The summed E-state index contributed by atoms with van der Waals surface area (Å²) >= 11 is 0. The van der Waals surface area contributed by atoms with Gasteiger partial charge in [-0.1, -0.05) is 45.0 Å². The summed E-state index contributed by atoms with van der Waals surface area (Å²) in [5.74, 6) is 5.33. The van der Waals surface area contributed by atoms with Crippen molar-refractivity contribution >= 4 is 0 Å². The number of hydrogen-bond acceptors (Lipinski definition) is 3. The van der Waals surface area contributed by atoms with Crippen molar-refractivity contribution in [1.82, 2.24) is 10.4 Å². The molecule has 0 bridgehead atoms. The van der Waals surface area contributed by atoms with E-state index in [0.717, 1.165) is 5.56 Å². The fraction of sp³-hybridized carbons (Fsp3) is 0.312. The summed E-state index contributed by atoms with van der Waals surface area (Å²) in [6.07, 6.45) is 2.82. The Morgan fingerprint density at radius 3 is 2.50 bits per heavy atom. The molecule has 3 N–H and O–H groups in total. The third-order valence-electron chi connectivity index (χ3n) is 3.31. The fourth-order valence-electron chi connectivity index (χ4n) is 2.38. The maximum absolute atomic E-state index is 13.4. The first-order valence-corrected chi connectivity index (χ1v) is 6.59. The minimum atomic E-state index is -0.365. The van der Waals surface area contributed by atoms with Crippen LogP contribution in [0.5, 0.6) is 0 Å². The van der Waals surface area contributed by atoms with Gasteiger partial charge in [0.1, 0.15) is 5.82 Å². The van der Waals surface area contributed by atoms with Crippen molar-refractivity contribution < 1.29 is 4.39 Å². The molecular weight excluding hydrogens is 253 g/mol. The van der Waals surface area contributed by atoms with E-state index >= 15 is 0 Å². The first kappa shape index (κ1) is 14.6. The Balaban J connectivity index is 2.53. The van der Waals surface area contributed by atoms with Crippen LogP contribution in [0.25, 0.3) is 0 Å². The van der Waals surface area contributed by atoms with Gasteiger partial charge in [-0.05, 0) is 28.2 Å². The largest absolute Gasteiger partial charge is 0.271 e. The molecule has 1 aromatic heterocycles. The van der Waals surface area contributed by atoms with Gasteiger partial charge >= 0.3 is 0 Å². The molecular formula is C16H20FN3. The summed E-state index contributed by atoms with van der Waals surface area (Å²) < 4.78 is 13.4. The normalized spacial score (nSPS) is 13.2. The highest BCUT2D eigenvalue weighted by molar-refractivity contribution is 5.40. The van der Waals surface area contributed by atoms with Gasteiger partial charge in [0.15, 0.2) is 0 Å². The Labute approximate surface area is 119 Å². The van der Waals surface area contributed by atoms with Crippen LogP contribution in [0.15, 0.2) is 42.7 Å². The van der Waals surface area contributed by atoms with E-state index in [9.17, 15) is 4.39 Å². The number of rotatable bonds is 3. The first-order valence-electron chi connectivity index (χ1n) is 6.59. The zero-order valence-corrected chi connectivity index (χ0v) is 12.0. The molecule has 0 fully saturated rings. The number of benzene rings is 1. The summed E-state index contributed by atoms with van der Waals surface area (Å²) in [6, 6.07) is 9.22. The zero-order valence-electron chi connectivity index (χ0n) is 12.0. The lowest BCUT2D eigenvalue weighted by atomic mass is 9.81. The highest BCUT2D eigenvalue weighted by atomic mass is 19.1. The maximum atomic E-state index is 13.4. The topological polar surface area (TPSA) is 50.9 Å². The van der Waals surface area contributed by atoms with Crippen LogP contribution in [0.2, 0.25) is 0 Å². The number of halogens is 1. The molecule has 0 aliphatic carbocycles. The smallest absolute Gasteiger partial charge is 0.141 e. The maximum Gasteiger partial charge on any atom is 0.141 e. The number of hydrazine groups is 1. The highest BCUT2D eigenvalue weighted by Gasteiger charge is 2.23. The number of nitrogens with one attached hydrogen (secondary N) is 1. The van der Waals surface area contributed by atoms with E-state index in [1.165, 1.54) is 17.8 Å². The Morgan fingerprint density at radius 1 is 1.20 bits per heavy atom. The molecule has 0 aliphatic heterocycles. The predicted octanol–water partition coefficient (Wildman–Crippen LogP) is 3.07. The molecule has 1 unspecified atom stereocenters. The van der Waals surface area contributed by atoms with Crippen molar-refractivity contribution in [3.8, 4) is 0 Å². The van der Waals surface area contributed by atoms with Crippen molar-refractivity contribution in [2.24, 2.45) is 5.84 Å². The lowest BCUT2D eigenvalue weighted by Crippen LogP contribution is -2.31. The molecule has 0 saturated heterocycles. The second-order valence-electron chi connectivity index (χ2n) is 5.87. The van der Waals surface area contributed by atoms with Crippen LogP contribution in [0.3, 0.4) is 0 Å². The first-order chi connectivity index (χ1) is 9.43. The molecule has 4 heteroatoms. The standard InChI is InChI=1S/C16H20FN3/c1-16(2,3)14-7-5-4-6-13(14)15(20-18)11-8-12(17)10-19-9-11/h4-10,15,20H,18H2,1-3H3. The van der Waals surface area contributed by atoms with E-state index in [0.29, 0.717) is 5.56 Å². The fourth-order valence-corrected chi connectivity index (χ4v) is 2.38. The number of nitrogens with two attached hydrogens (primary N) is 1. The molecule has 1 aromatic carbocycles. The molecule has 0 saturated carbocycles. The van der Waals surface area contributed by atoms with E-state index in [-0.39, 0.29) is 17.3 Å². The SMILES string of the molecule is CC(C)(C)c1ccccc1C(NN)c1cncc(F)c1. The summed E-state index contributed by atoms with van der Waals surface area (Å²) in [7, 11) is 0. The van der Waals surface area contributed by atoms with Crippen LogP contribution < -0.4 is 11.3 Å². The van der Waals surface area contributed by atoms with Crippen LogP contribution >= 0.6 is 0 Å². The number of aromatic nitrogens is 1. The van der Waals surface area contributed by atoms with Gasteiger partial charge in [0.2, 0.25) is 0 Å². The predicted molar refractivity (Wildman–Crippen MR) is 78.5 cm³/mol. The van der Waals surface area contributed by atoms with E-state index in [2.05, 4.69) is 37.2 Å². The molecule has 2 rings (SSSR count). The third-order valence-corrected chi connectivity index (χ3v) is 3.31. The minimum absolute atomic E-state index is 0.0214. The minimum Gasteiger partial charge on any atom is -0.271 e.